The minimum absolute atomic E-state index is 0.191. The number of rotatable bonds is 7. The molecule has 0 amide bonds. The molecule has 19 heavy (non-hydrogen) atoms. The minimum atomic E-state index is -3.13. The Morgan fingerprint density at radius 2 is 1.63 bits per heavy atom. The van der Waals surface area contributed by atoms with Crippen molar-refractivity contribution in [3.8, 4) is 0 Å². The van der Waals surface area contributed by atoms with E-state index in [1.165, 1.54) is 0 Å². The molecule has 1 aromatic rings. The third kappa shape index (κ3) is 4.03. The highest BCUT2D eigenvalue weighted by Gasteiger charge is 2.18. The van der Waals surface area contributed by atoms with Crippen LogP contribution in [0.15, 0.2) is 29.2 Å². The van der Waals surface area contributed by atoms with E-state index in [1.807, 2.05) is 19.1 Å². The number of hydrogen-bond acceptors (Lipinski definition) is 4. The van der Waals surface area contributed by atoms with Gasteiger partial charge in [-0.1, -0.05) is 26.0 Å². The number of nitrogens with two attached hydrogens (primary N) is 2. The van der Waals surface area contributed by atoms with E-state index in [9.17, 15) is 8.42 Å². The Hall–Kier alpha value is -0.910. The van der Waals surface area contributed by atoms with Gasteiger partial charge in [0.1, 0.15) is 0 Å². The summed E-state index contributed by atoms with van der Waals surface area (Å²) in [4.78, 5) is 0.391. The number of hydrogen-bond donors (Lipinski definition) is 2. The highest BCUT2D eigenvalue weighted by molar-refractivity contribution is 7.91. The SMILES string of the molecule is CCCS(=O)(=O)c1ccc(C(C)C(CN)CN)cc1. The zero-order chi connectivity index (χ0) is 14.5. The first-order valence-corrected chi connectivity index (χ1v) is 8.34. The highest BCUT2D eigenvalue weighted by Crippen LogP contribution is 2.24. The molecular weight excluding hydrogens is 260 g/mol. The molecule has 1 rings (SSSR count). The van der Waals surface area contributed by atoms with Gasteiger partial charge in [-0.2, -0.15) is 0 Å². The lowest BCUT2D eigenvalue weighted by Crippen LogP contribution is -2.27. The molecule has 0 heterocycles. The van der Waals surface area contributed by atoms with Crippen LogP contribution in [0.5, 0.6) is 0 Å². The fourth-order valence-electron chi connectivity index (χ4n) is 2.14. The maximum atomic E-state index is 11.9. The Labute approximate surface area is 116 Å². The van der Waals surface area contributed by atoms with Crippen molar-refractivity contribution in [3.05, 3.63) is 29.8 Å². The van der Waals surface area contributed by atoms with Crippen molar-refractivity contribution in [3.63, 3.8) is 0 Å². The van der Waals surface area contributed by atoms with Gasteiger partial charge in [-0.3, -0.25) is 0 Å². The molecule has 0 aliphatic rings. The van der Waals surface area contributed by atoms with Crippen molar-refractivity contribution in [2.75, 3.05) is 18.8 Å². The third-order valence-corrected chi connectivity index (χ3v) is 5.49. The molecule has 0 aliphatic heterocycles. The molecule has 0 bridgehead atoms. The van der Waals surface area contributed by atoms with Crippen LogP contribution in [-0.4, -0.2) is 27.3 Å². The van der Waals surface area contributed by atoms with Crippen LogP contribution in [0.1, 0.15) is 31.7 Å². The first kappa shape index (κ1) is 16.1. The van der Waals surface area contributed by atoms with Gasteiger partial charge >= 0.3 is 0 Å². The molecule has 0 radical (unpaired) electrons. The molecule has 0 fully saturated rings. The van der Waals surface area contributed by atoms with E-state index in [0.717, 1.165) is 5.56 Å². The van der Waals surface area contributed by atoms with Crippen molar-refractivity contribution >= 4 is 9.84 Å². The second-order valence-corrected chi connectivity index (χ2v) is 7.02. The van der Waals surface area contributed by atoms with Crippen LogP contribution in [-0.2, 0) is 9.84 Å². The highest BCUT2D eigenvalue weighted by atomic mass is 32.2. The van der Waals surface area contributed by atoms with E-state index in [0.29, 0.717) is 24.4 Å². The lowest BCUT2D eigenvalue weighted by atomic mass is 9.88. The normalized spacial score (nSPS) is 13.7. The lowest BCUT2D eigenvalue weighted by molar-refractivity contribution is 0.466. The van der Waals surface area contributed by atoms with Crippen LogP contribution in [0.4, 0.5) is 0 Å². The van der Waals surface area contributed by atoms with E-state index >= 15 is 0 Å². The summed E-state index contributed by atoms with van der Waals surface area (Å²) < 4.78 is 23.8. The van der Waals surface area contributed by atoms with Gasteiger partial charge in [-0.15, -0.1) is 0 Å². The monoisotopic (exact) mass is 284 g/mol. The summed E-state index contributed by atoms with van der Waals surface area (Å²) in [5.74, 6) is 0.645. The van der Waals surface area contributed by atoms with Gasteiger partial charge in [0.15, 0.2) is 9.84 Å². The topological polar surface area (TPSA) is 86.2 Å². The Bertz CT molecular complexity index is 479. The molecular formula is C14H24N2O2S. The standard InChI is InChI=1S/C14H24N2O2S/c1-3-8-19(17,18)14-6-4-12(5-7-14)11(2)13(9-15)10-16/h4-7,11,13H,3,8-10,15-16H2,1-2H3. The zero-order valence-electron chi connectivity index (χ0n) is 11.7. The second-order valence-electron chi connectivity index (χ2n) is 4.91. The van der Waals surface area contributed by atoms with E-state index in [1.54, 1.807) is 12.1 Å². The second kappa shape index (κ2) is 7.03. The molecule has 4 N–H and O–H groups in total. The average Bonchev–Trinajstić information content (AvgIpc) is 2.40. The molecule has 0 aliphatic carbocycles. The molecule has 1 unspecified atom stereocenters. The Kier molecular flexibility index (Phi) is 5.97. The predicted molar refractivity (Wildman–Crippen MR) is 78.8 cm³/mol. The van der Waals surface area contributed by atoms with Crippen LogP contribution in [0.25, 0.3) is 0 Å². The predicted octanol–water partition coefficient (Wildman–Crippen LogP) is 1.51. The smallest absolute Gasteiger partial charge is 0.178 e. The van der Waals surface area contributed by atoms with Crippen molar-refractivity contribution in [1.29, 1.82) is 0 Å². The Balaban J connectivity index is 2.93. The molecule has 1 atom stereocenters. The number of sulfone groups is 1. The van der Waals surface area contributed by atoms with E-state index < -0.39 is 9.84 Å². The molecule has 0 spiro atoms. The minimum Gasteiger partial charge on any atom is -0.330 e. The summed E-state index contributed by atoms with van der Waals surface area (Å²) in [5, 5.41) is 0. The van der Waals surface area contributed by atoms with Crippen LogP contribution in [0, 0.1) is 5.92 Å². The molecule has 0 saturated heterocycles. The molecule has 0 saturated carbocycles. The van der Waals surface area contributed by atoms with Crippen LogP contribution >= 0.6 is 0 Å². The molecule has 4 nitrogen and oxygen atoms in total. The fraction of sp³-hybridized carbons (Fsp3) is 0.571. The summed E-state index contributed by atoms with van der Waals surface area (Å²) >= 11 is 0. The van der Waals surface area contributed by atoms with Gasteiger partial charge in [-0.05, 0) is 49.0 Å². The van der Waals surface area contributed by atoms with E-state index in [4.69, 9.17) is 11.5 Å². The summed E-state index contributed by atoms with van der Waals surface area (Å²) in [6.45, 7) is 5.00. The molecule has 108 valence electrons. The number of benzene rings is 1. The Morgan fingerprint density at radius 1 is 1.11 bits per heavy atom. The lowest BCUT2D eigenvalue weighted by Gasteiger charge is -2.21. The van der Waals surface area contributed by atoms with Gasteiger partial charge < -0.3 is 11.5 Å². The summed E-state index contributed by atoms with van der Waals surface area (Å²) in [7, 11) is -3.13. The van der Waals surface area contributed by atoms with Gasteiger partial charge in [0.05, 0.1) is 10.6 Å². The maximum Gasteiger partial charge on any atom is 0.178 e. The van der Waals surface area contributed by atoms with Crippen molar-refractivity contribution < 1.29 is 8.42 Å². The first-order valence-electron chi connectivity index (χ1n) is 6.69. The Morgan fingerprint density at radius 3 is 2.05 bits per heavy atom. The fourth-order valence-corrected chi connectivity index (χ4v) is 3.47. The van der Waals surface area contributed by atoms with Crippen LogP contribution < -0.4 is 11.5 Å². The van der Waals surface area contributed by atoms with Crippen molar-refractivity contribution in [1.82, 2.24) is 0 Å². The average molecular weight is 284 g/mol. The largest absolute Gasteiger partial charge is 0.330 e. The summed E-state index contributed by atoms with van der Waals surface area (Å²) in [6, 6.07) is 7.10. The van der Waals surface area contributed by atoms with Gasteiger partial charge in [0, 0.05) is 0 Å². The van der Waals surface area contributed by atoms with Gasteiger partial charge in [-0.25, -0.2) is 8.42 Å². The quantitative estimate of drug-likeness (QED) is 0.794. The third-order valence-electron chi connectivity index (χ3n) is 3.55. The summed E-state index contributed by atoms with van der Waals surface area (Å²) in [5.41, 5.74) is 12.4. The van der Waals surface area contributed by atoms with Crippen LogP contribution in [0.3, 0.4) is 0 Å². The van der Waals surface area contributed by atoms with E-state index in [-0.39, 0.29) is 17.6 Å². The first-order chi connectivity index (χ1) is 8.96. The maximum absolute atomic E-state index is 11.9. The zero-order valence-corrected chi connectivity index (χ0v) is 12.5. The summed E-state index contributed by atoms with van der Waals surface area (Å²) in [6.07, 6.45) is 0.628. The van der Waals surface area contributed by atoms with E-state index in [2.05, 4.69) is 6.92 Å². The molecule has 5 heteroatoms. The van der Waals surface area contributed by atoms with Crippen molar-refractivity contribution in [2.45, 2.75) is 31.1 Å². The van der Waals surface area contributed by atoms with Gasteiger partial charge in [0.2, 0.25) is 0 Å². The molecule has 1 aromatic carbocycles. The van der Waals surface area contributed by atoms with Crippen LogP contribution in [0.2, 0.25) is 0 Å². The van der Waals surface area contributed by atoms with Crippen molar-refractivity contribution in [2.24, 2.45) is 17.4 Å². The van der Waals surface area contributed by atoms with Gasteiger partial charge in [0.25, 0.3) is 0 Å². The molecule has 0 aromatic heterocycles.